The van der Waals surface area contributed by atoms with Gasteiger partial charge in [-0.25, -0.2) is 0 Å². The minimum absolute atomic E-state index is 0.0778. The summed E-state index contributed by atoms with van der Waals surface area (Å²) in [5.41, 5.74) is -2.40. The molecule has 2 atom stereocenters. The zero-order valence-electron chi connectivity index (χ0n) is 16.7. The molecule has 0 aromatic heterocycles. The third-order valence-electron chi connectivity index (χ3n) is 3.84. The van der Waals surface area contributed by atoms with Crippen LogP contribution in [0, 0.1) is 10.1 Å². The number of non-ortho nitro benzene ring substituents is 1. The van der Waals surface area contributed by atoms with E-state index in [9.17, 15) is 32.6 Å². The first-order chi connectivity index (χ1) is 14.0. The first-order valence-electron chi connectivity index (χ1n) is 9.10. The number of hydrogen-bond donors (Lipinski definition) is 1. The van der Waals surface area contributed by atoms with E-state index in [0.717, 1.165) is 24.3 Å². The third kappa shape index (κ3) is 7.26. The van der Waals surface area contributed by atoms with Crippen LogP contribution in [0.15, 0.2) is 24.3 Å². The van der Waals surface area contributed by atoms with Crippen LogP contribution in [0.25, 0.3) is 0 Å². The van der Waals surface area contributed by atoms with Gasteiger partial charge in [0.1, 0.15) is 11.7 Å². The minimum Gasteiger partial charge on any atom is -0.466 e. The lowest BCUT2D eigenvalue weighted by Crippen LogP contribution is -2.47. The maximum Gasteiger partial charge on any atom is 0.409 e. The molecule has 0 saturated carbocycles. The highest BCUT2D eigenvalue weighted by Crippen LogP contribution is 2.57. The van der Waals surface area contributed by atoms with Crippen molar-refractivity contribution in [1.82, 2.24) is 0 Å². The van der Waals surface area contributed by atoms with Crippen molar-refractivity contribution in [1.29, 1.82) is 0 Å². The van der Waals surface area contributed by atoms with E-state index in [2.05, 4.69) is 5.32 Å². The molecule has 0 aliphatic carbocycles. The Bertz CT molecular complexity index is 749. The van der Waals surface area contributed by atoms with Crippen LogP contribution in [0.2, 0.25) is 0 Å². The van der Waals surface area contributed by atoms with Crippen LogP contribution in [-0.4, -0.2) is 48.6 Å². The van der Waals surface area contributed by atoms with Crippen molar-refractivity contribution in [3.63, 3.8) is 0 Å². The van der Waals surface area contributed by atoms with E-state index in [1.807, 2.05) is 0 Å². The largest absolute Gasteiger partial charge is 0.466 e. The van der Waals surface area contributed by atoms with Gasteiger partial charge in [-0.15, -0.1) is 0 Å². The average Bonchev–Trinajstić information content (AvgIpc) is 2.64. The topological polar surface area (TPSA) is 117 Å². The molecular weight excluding hydrogens is 432 g/mol. The van der Waals surface area contributed by atoms with Crippen molar-refractivity contribution in [2.24, 2.45) is 0 Å². The summed E-state index contributed by atoms with van der Waals surface area (Å²) in [6.45, 7) is 3.84. The lowest BCUT2D eigenvalue weighted by atomic mass is 10.1. The number of rotatable bonds is 12. The molecule has 1 aromatic carbocycles. The van der Waals surface area contributed by atoms with Gasteiger partial charge in [-0.05, 0) is 32.9 Å². The maximum atomic E-state index is 14.0. The Morgan fingerprint density at radius 1 is 1.13 bits per heavy atom. The van der Waals surface area contributed by atoms with E-state index in [-0.39, 0.29) is 31.2 Å². The van der Waals surface area contributed by atoms with Crippen molar-refractivity contribution in [3.05, 3.63) is 34.4 Å². The van der Waals surface area contributed by atoms with Crippen molar-refractivity contribution >= 4 is 24.9 Å². The van der Waals surface area contributed by atoms with E-state index >= 15 is 0 Å². The van der Waals surface area contributed by atoms with E-state index in [4.69, 9.17) is 13.8 Å². The van der Waals surface area contributed by atoms with Gasteiger partial charge in [0.25, 0.3) is 5.69 Å². The second-order valence-corrected chi connectivity index (χ2v) is 8.18. The Morgan fingerprint density at radius 3 is 2.07 bits per heavy atom. The average molecular weight is 456 g/mol. The quantitative estimate of drug-likeness (QED) is 0.211. The van der Waals surface area contributed by atoms with Crippen molar-refractivity contribution < 1.29 is 41.2 Å². The summed E-state index contributed by atoms with van der Waals surface area (Å²) >= 11 is 0. The number of carbonyl (C=O) groups excluding carboxylic acids is 1. The Hall–Kier alpha value is -2.17. The van der Waals surface area contributed by atoms with Gasteiger partial charge in [0.2, 0.25) is 0 Å². The molecule has 0 radical (unpaired) electrons. The number of halogens is 3. The predicted molar refractivity (Wildman–Crippen MR) is 102 cm³/mol. The number of nitro benzene ring substituents is 1. The second-order valence-electron chi connectivity index (χ2n) is 5.92. The molecule has 0 aliphatic rings. The number of hydrogen-bond acceptors (Lipinski definition) is 8. The molecule has 1 aromatic rings. The Kier molecular flexibility index (Phi) is 9.73. The molecule has 0 aliphatic heterocycles. The fourth-order valence-corrected chi connectivity index (χ4v) is 4.81. The van der Waals surface area contributed by atoms with Crippen LogP contribution in [0.3, 0.4) is 0 Å². The fraction of sp³-hybridized carbons (Fsp3) is 0.588. The summed E-state index contributed by atoms with van der Waals surface area (Å²) in [7, 11) is -4.41. The summed E-state index contributed by atoms with van der Waals surface area (Å²) < 4.78 is 69.9. The number of carbonyl (C=O) groups is 1. The van der Waals surface area contributed by atoms with E-state index in [1.165, 1.54) is 20.8 Å². The van der Waals surface area contributed by atoms with Crippen LogP contribution in [0.4, 0.5) is 24.5 Å². The summed E-state index contributed by atoms with van der Waals surface area (Å²) in [5.74, 6) is -0.998. The second kappa shape index (κ2) is 11.3. The molecule has 1 N–H and O–H groups in total. The highest BCUT2D eigenvalue weighted by Gasteiger charge is 2.54. The number of esters is 1. The zero-order chi connectivity index (χ0) is 22.9. The van der Waals surface area contributed by atoms with Gasteiger partial charge < -0.3 is 19.1 Å². The van der Waals surface area contributed by atoms with Crippen LogP contribution < -0.4 is 5.32 Å². The zero-order valence-corrected chi connectivity index (χ0v) is 17.6. The molecule has 0 spiro atoms. The first-order valence-corrected chi connectivity index (χ1v) is 10.7. The molecule has 170 valence electrons. The van der Waals surface area contributed by atoms with Crippen LogP contribution in [-0.2, 0) is 23.1 Å². The number of nitrogens with zero attached hydrogens (tertiary/aromatic N) is 1. The molecule has 2 unspecified atom stereocenters. The highest BCUT2D eigenvalue weighted by molar-refractivity contribution is 7.54. The number of benzene rings is 1. The summed E-state index contributed by atoms with van der Waals surface area (Å²) in [5, 5.41) is 12.9. The van der Waals surface area contributed by atoms with Crippen molar-refractivity contribution in [3.8, 4) is 0 Å². The van der Waals surface area contributed by atoms with Crippen molar-refractivity contribution in [2.45, 2.75) is 45.1 Å². The number of alkyl halides is 3. The fourth-order valence-electron chi connectivity index (χ4n) is 2.65. The van der Waals surface area contributed by atoms with Gasteiger partial charge in [-0.2, -0.15) is 13.2 Å². The molecule has 0 fully saturated rings. The molecule has 9 nitrogen and oxygen atoms in total. The molecular formula is C17H24F3N2O7P. The van der Waals surface area contributed by atoms with E-state index in [1.54, 1.807) is 0 Å². The van der Waals surface area contributed by atoms with Gasteiger partial charge in [-0.1, -0.05) is 0 Å². The molecule has 1 rings (SSSR count). The molecule has 0 saturated heterocycles. The van der Waals surface area contributed by atoms with Crippen LogP contribution >= 0.6 is 7.60 Å². The van der Waals surface area contributed by atoms with E-state index < -0.39 is 42.8 Å². The monoisotopic (exact) mass is 456 g/mol. The minimum atomic E-state index is -4.97. The van der Waals surface area contributed by atoms with Gasteiger partial charge in [0.15, 0.2) is 0 Å². The Balaban J connectivity index is 3.39. The van der Waals surface area contributed by atoms with Gasteiger partial charge >= 0.3 is 19.7 Å². The number of nitro groups is 1. The molecule has 13 heteroatoms. The lowest BCUT2D eigenvalue weighted by molar-refractivity contribution is -0.384. The molecule has 0 amide bonds. The summed E-state index contributed by atoms with van der Waals surface area (Å²) in [6, 6.07) is 1.66. The summed E-state index contributed by atoms with van der Waals surface area (Å²) in [6.07, 6.45) is -5.85. The standard InChI is InChI=1S/C17H24F3N2O7P/c1-4-27-15(23)11-14(30(26,28-5-2)29-6-3)16(17(18,19)20)21-12-7-9-13(10-8-12)22(24)25/h7-10,14,16,21H,4-6,11H2,1-3H3. The number of anilines is 1. The smallest absolute Gasteiger partial charge is 0.409 e. The highest BCUT2D eigenvalue weighted by atomic mass is 31.2. The van der Waals surface area contributed by atoms with E-state index in [0.29, 0.717) is 0 Å². The van der Waals surface area contributed by atoms with Gasteiger partial charge in [0.05, 0.1) is 31.2 Å². The van der Waals surface area contributed by atoms with Crippen LogP contribution in [0.5, 0.6) is 0 Å². The number of nitrogens with one attached hydrogen (secondary N) is 1. The molecule has 0 heterocycles. The SMILES string of the molecule is CCOC(=O)CC(C(Nc1ccc([N+](=O)[O-])cc1)C(F)(F)F)P(=O)(OCC)OCC. The lowest BCUT2D eigenvalue weighted by Gasteiger charge is -2.34. The maximum absolute atomic E-state index is 14.0. The van der Waals surface area contributed by atoms with Gasteiger partial charge in [-0.3, -0.25) is 19.5 Å². The van der Waals surface area contributed by atoms with Gasteiger partial charge in [0, 0.05) is 17.8 Å². The molecule has 0 bridgehead atoms. The molecule has 30 heavy (non-hydrogen) atoms. The van der Waals surface area contributed by atoms with Crippen LogP contribution in [0.1, 0.15) is 27.2 Å². The summed E-state index contributed by atoms with van der Waals surface area (Å²) in [4.78, 5) is 22.0. The Morgan fingerprint density at radius 2 is 1.67 bits per heavy atom. The Labute approximate surface area is 171 Å². The van der Waals surface area contributed by atoms with Crippen molar-refractivity contribution in [2.75, 3.05) is 25.1 Å². The number of ether oxygens (including phenoxy) is 1. The first kappa shape index (κ1) is 25.9. The normalized spacial score (nSPS) is 14.1. The predicted octanol–water partition coefficient (Wildman–Crippen LogP) is 4.53. The third-order valence-corrected chi connectivity index (χ3v) is 6.37.